The molecule has 0 atom stereocenters. The number of halogens is 2. The number of furan rings is 1. The van der Waals surface area contributed by atoms with Gasteiger partial charge in [0.2, 0.25) is 5.09 Å². The highest BCUT2D eigenvalue weighted by molar-refractivity contribution is 7.93. The SMILES string of the molecule is O=S(=O)(Nc1ccc(Cl)cc1NS(=O)(=O)c1cc2ccccc2o1)c1ccc(-c2ccc(Cl)cc2)cc1. The molecule has 0 spiro atoms. The van der Waals surface area contributed by atoms with Crippen LogP contribution in [0.2, 0.25) is 10.0 Å². The summed E-state index contributed by atoms with van der Waals surface area (Å²) in [4.78, 5) is -0.00810. The van der Waals surface area contributed by atoms with Crippen molar-refractivity contribution >= 4 is 65.6 Å². The lowest BCUT2D eigenvalue weighted by Crippen LogP contribution is -2.17. The van der Waals surface area contributed by atoms with Gasteiger partial charge in [-0.1, -0.05) is 65.7 Å². The maximum Gasteiger partial charge on any atom is 0.295 e. The molecule has 188 valence electrons. The van der Waals surface area contributed by atoms with E-state index >= 15 is 0 Å². The van der Waals surface area contributed by atoms with Crippen molar-refractivity contribution in [2.45, 2.75) is 9.99 Å². The smallest absolute Gasteiger partial charge is 0.295 e. The van der Waals surface area contributed by atoms with Crippen molar-refractivity contribution in [1.29, 1.82) is 0 Å². The maximum absolute atomic E-state index is 13.1. The van der Waals surface area contributed by atoms with Gasteiger partial charge < -0.3 is 4.42 Å². The van der Waals surface area contributed by atoms with Crippen molar-refractivity contribution in [3.63, 3.8) is 0 Å². The number of benzene rings is 4. The van der Waals surface area contributed by atoms with Crippen LogP contribution in [0.25, 0.3) is 22.1 Å². The van der Waals surface area contributed by atoms with Crippen LogP contribution < -0.4 is 9.44 Å². The van der Waals surface area contributed by atoms with E-state index in [0.29, 0.717) is 16.0 Å². The second kappa shape index (κ2) is 9.75. The van der Waals surface area contributed by atoms with Crippen molar-refractivity contribution in [2.24, 2.45) is 0 Å². The third-order valence-corrected chi connectivity index (χ3v) is 8.57. The van der Waals surface area contributed by atoms with E-state index in [1.54, 1.807) is 48.5 Å². The van der Waals surface area contributed by atoms with Gasteiger partial charge in [-0.3, -0.25) is 9.44 Å². The Kier molecular flexibility index (Phi) is 6.63. The molecule has 37 heavy (non-hydrogen) atoms. The van der Waals surface area contributed by atoms with Crippen LogP contribution in [-0.4, -0.2) is 16.8 Å². The summed E-state index contributed by atoms with van der Waals surface area (Å²) < 4.78 is 62.6. The molecule has 0 radical (unpaired) electrons. The van der Waals surface area contributed by atoms with E-state index in [1.807, 2.05) is 12.1 Å². The minimum Gasteiger partial charge on any atom is -0.443 e. The van der Waals surface area contributed by atoms with Gasteiger partial charge in [0.25, 0.3) is 20.0 Å². The average Bonchev–Trinajstić information content (AvgIpc) is 3.32. The van der Waals surface area contributed by atoms with Gasteiger partial charge in [-0.25, -0.2) is 8.42 Å². The highest BCUT2D eigenvalue weighted by Crippen LogP contribution is 2.32. The Hall–Kier alpha value is -3.50. The van der Waals surface area contributed by atoms with Gasteiger partial charge in [-0.05, 0) is 59.7 Å². The molecule has 5 rings (SSSR count). The first-order valence-electron chi connectivity index (χ1n) is 10.8. The summed E-state index contributed by atoms with van der Waals surface area (Å²) in [7, 11) is -8.26. The normalized spacial score (nSPS) is 11.9. The van der Waals surface area contributed by atoms with Gasteiger partial charge in [0, 0.05) is 21.5 Å². The monoisotopic (exact) mass is 572 g/mol. The molecule has 4 aromatic carbocycles. The van der Waals surface area contributed by atoms with Crippen LogP contribution in [0.3, 0.4) is 0 Å². The van der Waals surface area contributed by atoms with Crippen LogP contribution >= 0.6 is 23.2 Å². The fourth-order valence-electron chi connectivity index (χ4n) is 3.65. The summed E-state index contributed by atoms with van der Waals surface area (Å²) in [6.45, 7) is 0. The van der Waals surface area contributed by atoms with Gasteiger partial charge in [0.05, 0.1) is 16.3 Å². The van der Waals surface area contributed by atoms with Crippen molar-refractivity contribution < 1.29 is 21.3 Å². The minimum absolute atomic E-state index is 0.00810. The Bertz CT molecular complexity index is 1780. The molecule has 1 heterocycles. The first kappa shape index (κ1) is 25.2. The van der Waals surface area contributed by atoms with Crippen molar-refractivity contribution in [1.82, 2.24) is 0 Å². The molecule has 0 bridgehead atoms. The first-order valence-corrected chi connectivity index (χ1v) is 14.5. The van der Waals surface area contributed by atoms with Crippen LogP contribution in [0.1, 0.15) is 0 Å². The molecule has 2 N–H and O–H groups in total. The Morgan fingerprint density at radius 2 is 1.19 bits per heavy atom. The number of hydrogen-bond donors (Lipinski definition) is 2. The lowest BCUT2D eigenvalue weighted by Gasteiger charge is -2.14. The van der Waals surface area contributed by atoms with Gasteiger partial charge in [0.15, 0.2) is 0 Å². The lowest BCUT2D eigenvalue weighted by molar-refractivity contribution is 0.484. The number of fused-ring (bicyclic) bond motifs is 1. The second-order valence-electron chi connectivity index (χ2n) is 8.04. The van der Waals surface area contributed by atoms with Crippen LogP contribution in [0.15, 0.2) is 111 Å². The summed E-state index contributed by atoms with van der Waals surface area (Å²) in [5.74, 6) is 0. The maximum atomic E-state index is 13.1. The molecular formula is C26H18Cl2N2O5S2. The van der Waals surface area contributed by atoms with E-state index in [0.717, 1.165) is 11.1 Å². The summed E-state index contributed by atoms with van der Waals surface area (Å²) in [5, 5.41) is 1.09. The zero-order chi connectivity index (χ0) is 26.2. The number of para-hydroxylation sites is 1. The Balaban J connectivity index is 1.42. The summed E-state index contributed by atoms with van der Waals surface area (Å²) in [6.07, 6.45) is 0. The highest BCUT2D eigenvalue weighted by Gasteiger charge is 2.23. The minimum atomic E-state index is -4.19. The molecular weight excluding hydrogens is 555 g/mol. The zero-order valence-corrected chi connectivity index (χ0v) is 22.0. The molecule has 0 saturated carbocycles. The van der Waals surface area contributed by atoms with Gasteiger partial charge >= 0.3 is 0 Å². The first-order chi connectivity index (χ1) is 17.6. The standard InChI is InChI=1S/C26H18Cl2N2O5S2/c27-20-9-5-17(6-10-20)18-7-12-22(13-8-18)36(31,32)29-23-14-11-21(28)16-24(23)30-37(33,34)26-15-19-3-1-2-4-25(19)35-26/h1-16,29-30H. The van der Waals surface area contributed by atoms with E-state index < -0.39 is 20.0 Å². The van der Waals surface area contributed by atoms with Gasteiger partial charge in [-0.15, -0.1) is 0 Å². The highest BCUT2D eigenvalue weighted by atomic mass is 35.5. The molecule has 0 aliphatic rings. The fourth-order valence-corrected chi connectivity index (χ4v) is 6.07. The molecule has 0 unspecified atom stereocenters. The van der Waals surface area contributed by atoms with E-state index in [2.05, 4.69) is 9.44 Å². The molecule has 5 aromatic rings. The molecule has 0 fully saturated rings. The molecule has 7 nitrogen and oxygen atoms in total. The Morgan fingerprint density at radius 3 is 1.86 bits per heavy atom. The number of nitrogens with one attached hydrogen (secondary N) is 2. The van der Waals surface area contributed by atoms with Gasteiger partial charge in [0.1, 0.15) is 5.58 Å². The molecule has 0 aliphatic heterocycles. The summed E-state index contributed by atoms with van der Waals surface area (Å²) in [5.41, 5.74) is 2.01. The number of anilines is 2. The summed E-state index contributed by atoms with van der Waals surface area (Å²) >= 11 is 12.0. The van der Waals surface area contributed by atoms with Crippen LogP contribution in [-0.2, 0) is 20.0 Å². The van der Waals surface area contributed by atoms with Crippen molar-refractivity contribution in [3.8, 4) is 11.1 Å². The third kappa shape index (κ3) is 5.45. The molecule has 0 saturated heterocycles. The predicted molar refractivity (Wildman–Crippen MR) is 146 cm³/mol. The second-order valence-corrected chi connectivity index (χ2v) is 12.2. The largest absolute Gasteiger partial charge is 0.443 e. The van der Waals surface area contributed by atoms with Crippen LogP contribution in [0, 0.1) is 0 Å². The molecule has 0 aliphatic carbocycles. The third-order valence-electron chi connectivity index (χ3n) is 5.48. The predicted octanol–water partition coefficient (Wildman–Crippen LogP) is 7.01. The van der Waals surface area contributed by atoms with Crippen molar-refractivity contribution in [2.75, 3.05) is 9.44 Å². The van der Waals surface area contributed by atoms with Gasteiger partial charge in [-0.2, -0.15) is 8.42 Å². The van der Waals surface area contributed by atoms with E-state index in [4.69, 9.17) is 27.6 Å². The van der Waals surface area contributed by atoms with E-state index in [9.17, 15) is 16.8 Å². The van der Waals surface area contributed by atoms with Crippen LogP contribution in [0.5, 0.6) is 0 Å². The fraction of sp³-hybridized carbons (Fsp3) is 0. The van der Waals surface area contributed by atoms with Crippen molar-refractivity contribution in [3.05, 3.63) is 107 Å². The quantitative estimate of drug-likeness (QED) is 0.218. The number of sulfonamides is 2. The van der Waals surface area contributed by atoms with E-state index in [-0.39, 0.29) is 26.4 Å². The Morgan fingerprint density at radius 1 is 0.595 bits per heavy atom. The number of hydrogen-bond acceptors (Lipinski definition) is 5. The summed E-state index contributed by atoms with van der Waals surface area (Å²) in [6, 6.07) is 25.8. The average molecular weight is 573 g/mol. The molecule has 1 aromatic heterocycles. The lowest BCUT2D eigenvalue weighted by atomic mass is 10.1. The van der Waals surface area contributed by atoms with E-state index in [1.165, 1.54) is 36.4 Å². The molecule has 0 amide bonds. The Labute approximate surface area is 223 Å². The number of rotatable bonds is 7. The zero-order valence-electron chi connectivity index (χ0n) is 18.9. The molecule has 11 heteroatoms. The topological polar surface area (TPSA) is 105 Å². The van der Waals surface area contributed by atoms with Crippen LogP contribution in [0.4, 0.5) is 11.4 Å².